The Morgan fingerprint density at radius 3 is 1.79 bits per heavy atom. The number of hydrogen-bond acceptors (Lipinski definition) is 14. The van der Waals surface area contributed by atoms with Crippen molar-refractivity contribution in [2.45, 2.75) is 109 Å². The van der Waals surface area contributed by atoms with E-state index in [0.717, 1.165) is 12.1 Å². The third kappa shape index (κ3) is 17.9. The van der Waals surface area contributed by atoms with Crippen LogP contribution in [0.2, 0.25) is 0 Å². The molecule has 0 bridgehead atoms. The molecule has 3 rings (SSSR count). The molecule has 0 heterocycles. The third-order valence-corrected chi connectivity index (χ3v) is 10.3. The number of nitrogens with one attached hydrogen (secondary N) is 6. The van der Waals surface area contributed by atoms with E-state index in [0.29, 0.717) is 16.8 Å². The fourth-order valence-corrected chi connectivity index (χ4v) is 6.65. The predicted octanol–water partition coefficient (Wildman–Crippen LogP) is -0.363. The van der Waals surface area contributed by atoms with Crippen LogP contribution in [0.3, 0.4) is 0 Å². The molecule has 0 aliphatic rings. The number of phenolic OH excluding ortho intramolecular Hbond substituents is 2. The number of carboxylic acids is 1. The number of phenols is 2. The summed E-state index contributed by atoms with van der Waals surface area (Å²) in [5, 5.41) is 55.9. The van der Waals surface area contributed by atoms with E-state index in [1.807, 2.05) is 0 Å². The SMILES string of the molecule is CC(C)C[C@H](NC(=O)[C@H](Cc1ccc(O)cc1)NCc1ccccc1N)C(=O)N[C@@H](CCC(N)=O)C(=O)N[C@@H](C)C(=O)N[C@@H](Cc1ccc(O)c([N+](=O)[O-])c1)C(=O)N[C@@H](CCC(=O)O)C(N)=O. The van der Waals surface area contributed by atoms with Crippen molar-refractivity contribution in [1.29, 1.82) is 0 Å². The molecule has 7 amide bonds. The van der Waals surface area contributed by atoms with Gasteiger partial charge in [0.25, 0.3) is 0 Å². The van der Waals surface area contributed by atoms with Crippen molar-refractivity contribution in [1.82, 2.24) is 31.9 Å². The molecule has 0 saturated heterocycles. The number of aromatic hydroxyl groups is 2. The average molecular weight is 935 g/mol. The number of nitro benzene ring substituents is 1. The lowest BCUT2D eigenvalue weighted by Crippen LogP contribution is -2.59. The quantitative estimate of drug-likeness (QED) is 0.0264. The van der Waals surface area contributed by atoms with Gasteiger partial charge in [0, 0.05) is 37.6 Å². The third-order valence-electron chi connectivity index (χ3n) is 10.3. The van der Waals surface area contributed by atoms with Crippen LogP contribution in [0.5, 0.6) is 11.5 Å². The highest BCUT2D eigenvalue weighted by molar-refractivity contribution is 5.97. The van der Waals surface area contributed by atoms with E-state index in [4.69, 9.17) is 22.3 Å². The number of anilines is 1. The summed E-state index contributed by atoms with van der Waals surface area (Å²) in [6.07, 6.45) is -1.98. The first-order valence-corrected chi connectivity index (χ1v) is 21.2. The van der Waals surface area contributed by atoms with Crippen LogP contribution in [-0.2, 0) is 57.7 Å². The van der Waals surface area contributed by atoms with Gasteiger partial charge in [-0.15, -0.1) is 0 Å². The molecule has 0 saturated carbocycles. The summed E-state index contributed by atoms with van der Waals surface area (Å²) in [6.45, 7) is 4.99. The molecule has 23 heteroatoms. The van der Waals surface area contributed by atoms with Gasteiger partial charge in [0.05, 0.1) is 11.0 Å². The van der Waals surface area contributed by atoms with Gasteiger partial charge in [0.15, 0.2) is 5.75 Å². The average Bonchev–Trinajstić information content (AvgIpc) is 3.25. The number of hydrogen-bond donors (Lipinski definition) is 12. The number of carbonyl (C=O) groups is 8. The van der Waals surface area contributed by atoms with Crippen LogP contribution >= 0.6 is 0 Å². The maximum absolute atomic E-state index is 14.0. The molecule has 3 aromatic rings. The van der Waals surface area contributed by atoms with Gasteiger partial charge in [-0.2, -0.15) is 0 Å². The molecule has 3 aromatic carbocycles. The lowest BCUT2D eigenvalue weighted by Gasteiger charge is -2.27. The van der Waals surface area contributed by atoms with Crippen molar-refractivity contribution in [3.8, 4) is 11.5 Å². The predicted molar refractivity (Wildman–Crippen MR) is 241 cm³/mol. The van der Waals surface area contributed by atoms with Gasteiger partial charge >= 0.3 is 11.7 Å². The number of nitro groups is 1. The zero-order valence-electron chi connectivity index (χ0n) is 37.2. The van der Waals surface area contributed by atoms with Crippen molar-refractivity contribution in [2.24, 2.45) is 17.4 Å². The zero-order valence-corrected chi connectivity index (χ0v) is 37.2. The monoisotopic (exact) mass is 934 g/mol. The largest absolute Gasteiger partial charge is 0.508 e. The van der Waals surface area contributed by atoms with Gasteiger partial charge < -0.3 is 64.4 Å². The van der Waals surface area contributed by atoms with Crippen LogP contribution in [-0.4, -0.2) is 104 Å². The first kappa shape index (κ1) is 53.5. The molecule has 362 valence electrons. The molecule has 0 unspecified atom stereocenters. The number of nitrogens with zero attached hydrogens (tertiary/aromatic N) is 1. The fraction of sp³-hybridized carbons (Fsp3) is 0.409. The van der Waals surface area contributed by atoms with Crippen LogP contribution in [0.25, 0.3) is 0 Å². The van der Waals surface area contributed by atoms with E-state index in [9.17, 15) is 58.7 Å². The fourth-order valence-electron chi connectivity index (χ4n) is 6.65. The summed E-state index contributed by atoms with van der Waals surface area (Å²) in [5.74, 6) is -8.52. The first-order valence-electron chi connectivity index (χ1n) is 21.2. The van der Waals surface area contributed by atoms with Crippen molar-refractivity contribution >= 4 is 58.7 Å². The van der Waals surface area contributed by atoms with Crippen LogP contribution in [0.15, 0.2) is 66.7 Å². The normalized spacial score (nSPS) is 13.7. The van der Waals surface area contributed by atoms with E-state index in [-0.39, 0.29) is 43.0 Å². The van der Waals surface area contributed by atoms with Crippen LogP contribution in [0.1, 0.15) is 69.6 Å². The van der Waals surface area contributed by atoms with Gasteiger partial charge in [0.2, 0.25) is 41.4 Å². The molecule has 0 aliphatic carbocycles. The lowest BCUT2D eigenvalue weighted by molar-refractivity contribution is -0.385. The minimum Gasteiger partial charge on any atom is -0.508 e. The smallest absolute Gasteiger partial charge is 0.310 e. The van der Waals surface area contributed by atoms with Crippen molar-refractivity contribution in [3.63, 3.8) is 0 Å². The second-order valence-corrected chi connectivity index (χ2v) is 16.2. The van der Waals surface area contributed by atoms with E-state index in [1.165, 1.54) is 25.1 Å². The summed E-state index contributed by atoms with van der Waals surface area (Å²) in [6, 6.07) is 8.11. The number of amides is 7. The van der Waals surface area contributed by atoms with Gasteiger partial charge in [-0.1, -0.05) is 50.2 Å². The highest BCUT2D eigenvalue weighted by Crippen LogP contribution is 2.27. The Morgan fingerprint density at radius 2 is 1.19 bits per heavy atom. The van der Waals surface area contributed by atoms with E-state index >= 15 is 0 Å². The molecule has 23 nitrogen and oxygen atoms in total. The van der Waals surface area contributed by atoms with Crippen molar-refractivity contribution in [3.05, 3.63) is 93.5 Å². The molecule has 67 heavy (non-hydrogen) atoms. The molecule has 6 atom stereocenters. The Balaban J connectivity index is 1.85. The second-order valence-electron chi connectivity index (χ2n) is 16.2. The number of rotatable bonds is 27. The van der Waals surface area contributed by atoms with Crippen molar-refractivity contribution in [2.75, 3.05) is 5.73 Å². The maximum atomic E-state index is 14.0. The minimum atomic E-state index is -1.63. The summed E-state index contributed by atoms with van der Waals surface area (Å²) >= 11 is 0. The zero-order chi connectivity index (χ0) is 50.0. The minimum absolute atomic E-state index is 0.0205. The number of nitrogens with two attached hydrogens (primary N) is 3. The van der Waals surface area contributed by atoms with E-state index in [1.54, 1.807) is 50.2 Å². The molecule has 15 N–H and O–H groups in total. The summed E-state index contributed by atoms with van der Waals surface area (Å²) in [4.78, 5) is 115. The molecule has 0 fully saturated rings. The van der Waals surface area contributed by atoms with Crippen LogP contribution in [0.4, 0.5) is 11.4 Å². The lowest BCUT2D eigenvalue weighted by atomic mass is 10.00. The number of carboxylic acid groups (broad SMARTS) is 1. The molecular weight excluding hydrogens is 877 g/mol. The Bertz CT molecular complexity index is 2270. The van der Waals surface area contributed by atoms with Crippen LogP contribution < -0.4 is 49.1 Å². The first-order chi connectivity index (χ1) is 31.5. The topological polar surface area (TPSA) is 391 Å². The number of carbonyl (C=O) groups excluding carboxylic acids is 7. The molecule has 0 aliphatic heterocycles. The number of nitrogen functional groups attached to an aromatic ring is 1. The standard InChI is InChI=1S/C44H58N10O13/c1-23(2)18-33(53-42(63)32(19-25-8-11-28(55)12-9-25)48-22-27-6-4-5-7-29(27)45)43(64)51-31(13-16-37(46)57)41(62)49-24(3)40(61)52-34(20-26-10-15-36(56)35(21-26)54(66)67)44(65)50-30(39(47)60)14-17-38(58)59/h4-12,15,21,23-24,30-34,48,55-56H,13-14,16-20,22,45H2,1-3H3,(H2,46,57)(H2,47,60)(H,49,62)(H,50,65)(H,51,64)(H,52,61)(H,53,63)(H,58,59)/t24-,30-,31-,32-,33-,34-/m0/s1. The van der Waals surface area contributed by atoms with E-state index < -0.39 is 126 Å². The Kier molecular flexibility index (Phi) is 20.5. The van der Waals surface area contributed by atoms with Crippen molar-refractivity contribution < 1.29 is 58.6 Å². The van der Waals surface area contributed by atoms with Gasteiger partial charge in [0.1, 0.15) is 36.0 Å². The molecule has 0 aromatic heterocycles. The Labute approximate surface area is 385 Å². The highest BCUT2D eigenvalue weighted by Gasteiger charge is 2.33. The molecule has 0 spiro atoms. The number of aliphatic carboxylic acids is 1. The van der Waals surface area contributed by atoms with Gasteiger partial charge in [-0.3, -0.25) is 48.5 Å². The molecular formula is C44H58N10O13. The van der Waals surface area contributed by atoms with Gasteiger partial charge in [-0.25, -0.2) is 0 Å². The Morgan fingerprint density at radius 1 is 0.657 bits per heavy atom. The molecule has 0 radical (unpaired) electrons. The number of benzene rings is 3. The van der Waals surface area contributed by atoms with Gasteiger partial charge in [-0.05, 0) is 79.5 Å². The summed E-state index contributed by atoms with van der Waals surface area (Å²) in [7, 11) is 0. The second kappa shape index (κ2) is 25.6. The Hall–Kier alpha value is -7.82. The number of primary amides is 2. The number of para-hydroxylation sites is 1. The summed E-state index contributed by atoms with van der Waals surface area (Å²) in [5.41, 5.74) is 18.1. The van der Waals surface area contributed by atoms with E-state index in [2.05, 4.69) is 31.9 Å². The highest BCUT2D eigenvalue weighted by atomic mass is 16.6. The maximum Gasteiger partial charge on any atom is 0.310 e. The summed E-state index contributed by atoms with van der Waals surface area (Å²) < 4.78 is 0. The van der Waals surface area contributed by atoms with Crippen LogP contribution in [0, 0.1) is 16.0 Å².